The third kappa shape index (κ3) is 3.02. The van der Waals surface area contributed by atoms with E-state index >= 15 is 0 Å². The quantitative estimate of drug-likeness (QED) is 0.728. The number of nitrogens with zero attached hydrogens (tertiary/aromatic N) is 2. The van der Waals surface area contributed by atoms with Crippen LogP contribution in [0, 0.1) is 5.92 Å². The molecule has 2 amide bonds. The zero-order valence-corrected chi connectivity index (χ0v) is 11.0. The first-order valence-corrected chi connectivity index (χ1v) is 6.80. The number of hydrogen-bond acceptors (Lipinski definition) is 3. The van der Waals surface area contributed by atoms with Crippen molar-refractivity contribution < 1.29 is 14.7 Å². The van der Waals surface area contributed by atoms with Gasteiger partial charge in [0.05, 0.1) is 12.0 Å². The van der Waals surface area contributed by atoms with Gasteiger partial charge in [-0.05, 0) is 25.7 Å². The maximum Gasteiger partial charge on any atom is 0.227 e. The largest absolute Gasteiger partial charge is 0.391 e. The van der Waals surface area contributed by atoms with Gasteiger partial charge in [0, 0.05) is 33.1 Å². The fourth-order valence-corrected chi connectivity index (χ4v) is 2.88. The van der Waals surface area contributed by atoms with Gasteiger partial charge in [0.25, 0.3) is 0 Å². The number of amides is 2. The zero-order chi connectivity index (χ0) is 13.1. The standard InChI is InChI=1S/C13H22N2O3/c1-10(16)14-6-2-4-11(8-14)13(18)15-7-3-5-12(17)9-15/h11-12,17H,2-9H2,1H3. The molecule has 0 radical (unpaired) electrons. The molecule has 0 saturated carbocycles. The van der Waals surface area contributed by atoms with E-state index in [1.54, 1.807) is 16.7 Å². The van der Waals surface area contributed by atoms with Crippen molar-refractivity contribution in [2.75, 3.05) is 26.2 Å². The maximum atomic E-state index is 12.3. The molecule has 0 spiro atoms. The summed E-state index contributed by atoms with van der Waals surface area (Å²) in [5.74, 6) is 0.0822. The molecule has 0 bridgehead atoms. The number of carbonyl (C=O) groups excluding carboxylic acids is 2. The molecule has 5 nitrogen and oxygen atoms in total. The number of aliphatic hydroxyl groups is 1. The highest BCUT2D eigenvalue weighted by Gasteiger charge is 2.32. The van der Waals surface area contributed by atoms with E-state index < -0.39 is 0 Å². The molecule has 1 N–H and O–H groups in total. The molecular weight excluding hydrogens is 232 g/mol. The predicted octanol–water partition coefficient (Wildman–Crippen LogP) is 0.228. The highest BCUT2D eigenvalue weighted by atomic mass is 16.3. The first kappa shape index (κ1) is 13.3. The minimum absolute atomic E-state index is 0.0474. The van der Waals surface area contributed by atoms with Crippen LogP contribution < -0.4 is 0 Å². The molecule has 0 aromatic rings. The smallest absolute Gasteiger partial charge is 0.227 e. The fourth-order valence-electron chi connectivity index (χ4n) is 2.88. The molecule has 2 unspecified atom stereocenters. The van der Waals surface area contributed by atoms with Crippen molar-refractivity contribution in [1.29, 1.82) is 0 Å². The van der Waals surface area contributed by atoms with Crippen LogP contribution in [-0.4, -0.2) is 59.0 Å². The van der Waals surface area contributed by atoms with E-state index in [-0.39, 0.29) is 23.8 Å². The van der Waals surface area contributed by atoms with Crippen molar-refractivity contribution in [3.05, 3.63) is 0 Å². The summed E-state index contributed by atoms with van der Waals surface area (Å²) in [6.45, 7) is 4.06. The second-order valence-corrected chi connectivity index (χ2v) is 5.38. The van der Waals surface area contributed by atoms with Crippen molar-refractivity contribution >= 4 is 11.8 Å². The average Bonchev–Trinajstić information content (AvgIpc) is 2.38. The monoisotopic (exact) mass is 254 g/mol. The molecule has 18 heavy (non-hydrogen) atoms. The maximum absolute atomic E-state index is 12.3. The Bertz CT molecular complexity index is 332. The van der Waals surface area contributed by atoms with Gasteiger partial charge in [-0.3, -0.25) is 9.59 Å². The van der Waals surface area contributed by atoms with E-state index in [9.17, 15) is 14.7 Å². The van der Waals surface area contributed by atoms with Gasteiger partial charge in [-0.25, -0.2) is 0 Å². The van der Waals surface area contributed by atoms with Crippen LogP contribution in [0.15, 0.2) is 0 Å². The van der Waals surface area contributed by atoms with Gasteiger partial charge in [-0.15, -0.1) is 0 Å². The molecule has 2 aliphatic heterocycles. The Morgan fingerprint density at radius 2 is 1.72 bits per heavy atom. The zero-order valence-electron chi connectivity index (χ0n) is 11.0. The number of likely N-dealkylation sites (tertiary alicyclic amines) is 2. The summed E-state index contributed by atoms with van der Waals surface area (Å²) in [6.07, 6.45) is 3.03. The molecular formula is C13H22N2O3. The summed E-state index contributed by atoms with van der Waals surface area (Å²) < 4.78 is 0. The van der Waals surface area contributed by atoms with E-state index in [0.29, 0.717) is 13.1 Å². The van der Waals surface area contributed by atoms with E-state index in [4.69, 9.17) is 0 Å². The van der Waals surface area contributed by atoms with Gasteiger partial charge in [0.1, 0.15) is 0 Å². The number of aliphatic hydroxyl groups excluding tert-OH is 1. The third-order valence-electron chi connectivity index (χ3n) is 3.92. The van der Waals surface area contributed by atoms with Gasteiger partial charge >= 0.3 is 0 Å². The summed E-state index contributed by atoms with van der Waals surface area (Å²) in [7, 11) is 0. The Labute approximate surface area is 108 Å². The lowest BCUT2D eigenvalue weighted by molar-refractivity contribution is -0.142. The van der Waals surface area contributed by atoms with E-state index in [1.165, 1.54) is 0 Å². The van der Waals surface area contributed by atoms with Crippen molar-refractivity contribution in [3.8, 4) is 0 Å². The summed E-state index contributed by atoms with van der Waals surface area (Å²) in [4.78, 5) is 27.2. The number of β-amino-alcohol motifs (C(OH)–C–C–N with tert-alkyl or cyclic N) is 1. The Morgan fingerprint density at radius 3 is 2.39 bits per heavy atom. The Kier molecular flexibility index (Phi) is 4.22. The van der Waals surface area contributed by atoms with Gasteiger partial charge in [-0.1, -0.05) is 0 Å². The summed E-state index contributed by atoms with van der Waals surface area (Å²) in [5, 5.41) is 9.61. The van der Waals surface area contributed by atoms with Crippen molar-refractivity contribution in [2.24, 2.45) is 5.92 Å². The van der Waals surface area contributed by atoms with Gasteiger partial charge < -0.3 is 14.9 Å². The lowest BCUT2D eigenvalue weighted by Gasteiger charge is -2.37. The summed E-state index contributed by atoms with van der Waals surface area (Å²) in [6, 6.07) is 0. The van der Waals surface area contributed by atoms with Crippen LogP contribution >= 0.6 is 0 Å². The average molecular weight is 254 g/mol. The molecule has 0 aromatic carbocycles. The van der Waals surface area contributed by atoms with Crippen LogP contribution in [0.4, 0.5) is 0 Å². The SMILES string of the molecule is CC(=O)N1CCCC(C(=O)N2CCCC(O)C2)C1. The third-order valence-corrected chi connectivity index (χ3v) is 3.92. The Hall–Kier alpha value is -1.10. The summed E-state index contributed by atoms with van der Waals surface area (Å²) >= 11 is 0. The van der Waals surface area contributed by atoms with Crippen LogP contribution in [-0.2, 0) is 9.59 Å². The Balaban J connectivity index is 1.93. The molecule has 102 valence electrons. The van der Waals surface area contributed by atoms with Gasteiger partial charge in [0.15, 0.2) is 0 Å². The lowest BCUT2D eigenvalue weighted by Crippen LogP contribution is -2.49. The minimum Gasteiger partial charge on any atom is -0.391 e. The second kappa shape index (κ2) is 5.69. The van der Waals surface area contributed by atoms with Crippen molar-refractivity contribution in [2.45, 2.75) is 38.7 Å². The topological polar surface area (TPSA) is 60.9 Å². The molecule has 2 fully saturated rings. The van der Waals surface area contributed by atoms with Gasteiger partial charge in [0.2, 0.25) is 11.8 Å². The first-order chi connectivity index (χ1) is 8.58. The normalized spacial score (nSPS) is 29.2. The minimum atomic E-state index is -0.379. The van der Waals surface area contributed by atoms with E-state index in [2.05, 4.69) is 0 Å². The molecule has 5 heteroatoms. The molecule has 0 aromatic heterocycles. The van der Waals surface area contributed by atoms with Gasteiger partial charge in [-0.2, -0.15) is 0 Å². The highest BCUT2D eigenvalue weighted by molar-refractivity contribution is 5.81. The molecule has 2 heterocycles. The van der Waals surface area contributed by atoms with Crippen LogP contribution in [0.1, 0.15) is 32.6 Å². The predicted molar refractivity (Wildman–Crippen MR) is 66.8 cm³/mol. The summed E-state index contributed by atoms with van der Waals surface area (Å²) in [5.41, 5.74) is 0. The van der Waals surface area contributed by atoms with Crippen molar-refractivity contribution in [1.82, 2.24) is 9.80 Å². The van der Waals surface area contributed by atoms with Crippen LogP contribution in [0.3, 0.4) is 0 Å². The molecule has 2 rings (SSSR count). The van der Waals surface area contributed by atoms with Crippen LogP contribution in [0.25, 0.3) is 0 Å². The number of hydrogen-bond donors (Lipinski definition) is 1. The number of rotatable bonds is 1. The lowest BCUT2D eigenvalue weighted by atomic mass is 9.95. The molecule has 2 atom stereocenters. The van der Waals surface area contributed by atoms with E-state index in [1.807, 2.05) is 0 Å². The van der Waals surface area contributed by atoms with Crippen LogP contribution in [0.2, 0.25) is 0 Å². The second-order valence-electron chi connectivity index (χ2n) is 5.38. The first-order valence-electron chi connectivity index (χ1n) is 6.80. The molecule has 2 aliphatic rings. The fraction of sp³-hybridized carbons (Fsp3) is 0.846. The van der Waals surface area contributed by atoms with E-state index in [0.717, 1.165) is 38.8 Å². The molecule has 0 aliphatic carbocycles. The highest BCUT2D eigenvalue weighted by Crippen LogP contribution is 2.21. The number of piperidine rings is 2. The number of carbonyl (C=O) groups is 2. The molecule has 2 saturated heterocycles. The van der Waals surface area contributed by atoms with Crippen molar-refractivity contribution in [3.63, 3.8) is 0 Å². The van der Waals surface area contributed by atoms with Crippen LogP contribution in [0.5, 0.6) is 0 Å². The Morgan fingerprint density at radius 1 is 1.06 bits per heavy atom.